The zero-order chi connectivity index (χ0) is 24.3. The van der Waals surface area contributed by atoms with Crippen LogP contribution in [0.1, 0.15) is 35.3 Å². The van der Waals surface area contributed by atoms with Gasteiger partial charge >= 0.3 is 19.9 Å². The molecule has 0 saturated heterocycles. The van der Waals surface area contributed by atoms with Crippen molar-refractivity contribution in [2.45, 2.75) is 26.2 Å². The van der Waals surface area contributed by atoms with Gasteiger partial charge < -0.3 is 14.4 Å². The second-order valence-electron chi connectivity index (χ2n) is 6.20. The first kappa shape index (κ1) is 26.4. The summed E-state index contributed by atoms with van der Waals surface area (Å²) in [6, 6.07) is 4.41. The van der Waals surface area contributed by atoms with E-state index in [4.69, 9.17) is 9.05 Å². The lowest BCUT2D eigenvalue weighted by Crippen LogP contribution is -2.24. The second-order valence-corrected chi connectivity index (χ2v) is 9.11. The average molecular weight is 548 g/mol. The average Bonchev–Trinajstić information content (AvgIpc) is 2.67. The Morgan fingerprint density at radius 3 is 2.06 bits per heavy atom. The van der Waals surface area contributed by atoms with Gasteiger partial charge in [0.15, 0.2) is 0 Å². The Balaban J connectivity index is 2.60. The molecule has 0 unspecified atom stereocenters. The lowest BCUT2D eigenvalue weighted by atomic mass is 10.0. The van der Waals surface area contributed by atoms with E-state index in [0.717, 1.165) is 0 Å². The number of amides is 1. The fourth-order valence-corrected chi connectivity index (χ4v) is 4.99. The summed E-state index contributed by atoms with van der Waals surface area (Å²) >= 11 is 3.15. The molecular formula is C19H17BrF6NO4P. The highest BCUT2D eigenvalue weighted by Gasteiger charge is 2.39. The monoisotopic (exact) mass is 547 g/mol. The standard InChI is InChI=1S/C19H17BrF6NO4P/c1-3-30-32(29,31-4-2)16-10-12(20)6-8-15(16)27-17(28)13-9-11(18(21,22)23)5-7-14(13)19(24,25)26/h5-10H,3-4H2,1-2H3,(H,27,28). The largest absolute Gasteiger partial charge is 0.417 e. The van der Waals surface area contributed by atoms with Crippen LogP contribution in [0.4, 0.5) is 32.0 Å². The highest BCUT2D eigenvalue weighted by atomic mass is 79.9. The molecule has 0 spiro atoms. The lowest BCUT2D eigenvalue weighted by Gasteiger charge is -2.21. The molecule has 32 heavy (non-hydrogen) atoms. The van der Waals surface area contributed by atoms with Gasteiger partial charge in [0.1, 0.15) is 0 Å². The van der Waals surface area contributed by atoms with E-state index >= 15 is 0 Å². The van der Waals surface area contributed by atoms with E-state index in [1.165, 1.54) is 32.0 Å². The molecule has 1 N–H and O–H groups in total. The number of alkyl halides is 6. The van der Waals surface area contributed by atoms with Gasteiger partial charge in [0.05, 0.1) is 40.9 Å². The van der Waals surface area contributed by atoms with Gasteiger partial charge in [0.2, 0.25) is 0 Å². The first-order valence-corrected chi connectivity index (χ1v) is 11.4. The molecule has 0 saturated carbocycles. The third kappa shape index (κ3) is 6.12. The van der Waals surface area contributed by atoms with Gasteiger partial charge in [0.25, 0.3) is 5.91 Å². The summed E-state index contributed by atoms with van der Waals surface area (Å²) in [4.78, 5) is 12.7. The summed E-state index contributed by atoms with van der Waals surface area (Å²) in [5, 5.41) is 1.93. The molecule has 176 valence electrons. The van der Waals surface area contributed by atoms with Crippen LogP contribution in [-0.2, 0) is 26.0 Å². The SMILES string of the molecule is CCOP(=O)(OCC)c1cc(Br)ccc1NC(=O)c1cc(C(F)(F)F)ccc1C(F)(F)F. The zero-order valence-corrected chi connectivity index (χ0v) is 19.1. The van der Waals surface area contributed by atoms with E-state index in [2.05, 4.69) is 21.2 Å². The highest BCUT2D eigenvalue weighted by Crippen LogP contribution is 2.49. The molecule has 1 amide bonds. The Morgan fingerprint density at radius 1 is 0.969 bits per heavy atom. The van der Waals surface area contributed by atoms with Crippen molar-refractivity contribution in [2.24, 2.45) is 0 Å². The minimum absolute atomic E-state index is 0.0526. The van der Waals surface area contributed by atoms with Crippen LogP contribution in [0.15, 0.2) is 40.9 Å². The molecule has 0 atom stereocenters. The predicted octanol–water partition coefficient (Wildman–Crippen LogP) is 6.63. The Bertz CT molecular complexity index is 1030. The highest BCUT2D eigenvalue weighted by molar-refractivity contribution is 9.10. The normalized spacial score (nSPS) is 12.7. The van der Waals surface area contributed by atoms with Crippen molar-refractivity contribution in [1.29, 1.82) is 0 Å². The summed E-state index contributed by atoms with van der Waals surface area (Å²) in [7, 11) is -4.01. The molecule has 2 rings (SSSR count). The van der Waals surface area contributed by atoms with Crippen LogP contribution in [0.2, 0.25) is 0 Å². The Hall–Kier alpha value is -1.88. The maximum atomic E-state index is 13.3. The summed E-state index contributed by atoms with van der Waals surface area (Å²) in [6.45, 7) is 2.95. The molecule has 2 aromatic rings. The number of hydrogen-bond donors (Lipinski definition) is 1. The van der Waals surface area contributed by atoms with E-state index in [1.54, 1.807) is 0 Å². The lowest BCUT2D eigenvalue weighted by molar-refractivity contribution is -0.141. The van der Waals surface area contributed by atoms with Gasteiger partial charge in [0, 0.05) is 4.47 Å². The van der Waals surface area contributed by atoms with Gasteiger partial charge in [-0.05, 0) is 50.2 Å². The summed E-state index contributed by atoms with van der Waals surface area (Å²) in [5.41, 5.74) is -4.47. The molecule has 5 nitrogen and oxygen atoms in total. The molecule has 0 aliphatic rings. The molecule has 0 radical (unpaired) electrons. The Kier molecular flexibility index (Phi) is 8.20. The minimum Gasteiger partial charge on any atom is -0.321 e. The molecule has 2 aromatic carbocycles. The maximum Gasteiger partial charge on any atom is 0.417 e. The molecule has 0 aliphatic carbocycles. The third-order valence-electron chi connectivity index (χ3n) is 4.00. The van der Waals surface area contributed by atoms with Crippen LogP contribution in [-0.4, -0.2) is 19.1 Å². The first-order valence-electron chi connectivity index (χ1n) is 9.02. The van der Waals surface area contributed by atoms with E-state index in [1.807, 2.05) is 0 Å². The number of carbonyl (C=O) groups excluding carboxylic acids is 1. The van der Waals surface area contributed by atoms with Crippen LogP contribution >= 0.6 is 23.5 Å². The van der Waals surface area contributed by atoms with Crippen molar-refractivity contribution in [3.8, 4) is 0 Å². The van der Waals surface area contributed by atoms with E-state index in [9.17, 15) is 35.7 Å². The number of hydrogen-bond acceptors (Lipinski definition) is 4. The number of rotatable bonds is 7. The first-order chi connectivity index (χ1) is 14.7. The van der Waals surface area contributed by atoms with Gasteiger partial charge in [-0.15, -0.1) is 0 Å². The molecule has 0 bridgehead atoms. The summed E-state index contributed by atoms with van der Waals surface area (Å²) < 4.78 is 103. The topological polar surface area (TPSA) is 64.6 Å². The maximum absolute atomic E-state index is 13.3. The quantitative estimate of drug-likeness (QED) is 0.312. The molecule has 0 aromatic heterocycles. The molecular weight excluding hydrogens is 531 g/mol. The van der Waals surface area contributed by atoms with Crippen LogP contribution in [0.3, 0.4) is 0 Å². The molecule has 0 heterocycles. The van der Waals surface area contributed by atoms with Gasteiger partial charge in [-0.2, -0.15) is 26.3 Å². The van der Waals surface area contributed by atoms with Crippen molar-refractivity contribution < 1.29 is 44.7 Å². The molecule has 0 aliphatic heterocycles. The van der Waals surface area contributed by atoms with Crippen molar-refractivity contribution >= 4 is 40.4 Å². The van der Waals surface area contributed by atoms with Gasteiger partial charge in [-0.25, -0.2) is 0 Å². The number of nitrogens with one attached hydrogen (secondary N) is 1. The third-order valence-corrected chi connectivity index (χ3v) is 6.65. The van der Waals surface area contributed by atoms with E-state index in [-0.39, 0.29) is 42.4 Å². The van der Waals surface area contributed by atoms with Crippen LogP contribution in [0.5, 0.6) is 0 Å². The van der Waals surface area contributed by atoms with E-state index < -0.39 is 42.5 Å². The van der Waals surface area contributed by atoms with Crippen LogP contribution in [0, 0.1) is 0 Å². The predicted molar refractivity (Wildman–Crippen MR) is 109 cm³/mol. The molecule has 13 heteroatoms. The van der Waals surface area contributed by atoms with Crippen LogP contribution < -0.4 is 10.6 Å². The Morgan fingerprint density at radius 2 is 1.56 bits per heavy atom. The van der Waals surface area contributed by atoms with Crippen LogP contribution in [0.25, 0.3) is 0 Å². The van der Waals surface area contributed by atoms with E-state index in [0.29, 0.717) is 4.47 Å². The van der Waals surface area contributed by atoms with Gasteiger partial charge in [-0.3, -0.25) is 9.36 Å². The fraction of sp³-hybridized carbons (Fsp3) is 0.316. The second kappa shape index (κ2) is 9.94. The van der Waals surface area contributed by atoms with Gasteiger partial charge in [-0.1, -0.05) is 15.9 Å². The number of carbonyl (C=O) groups is 1. The number of anilines is 1. The van der Waals surface area contributed by atoms with Crippen molar-refractivity contribution in [3.05, 3.63) is 57.6 Å². The fourth-order valence-electron chi connectivity index (χ4n) is 2.70. The zero-order valence-electron chi connectivity index (χ0n) is 16.6. The Labute approximate surface area is 187 Å². The number of benzene rings is 2. The molecule has 0 fully saturated rings. The summed E-state index contributed by atoms with van der Waals surface area (Å²) in [5.74, 6) is -1.48. The van der Waals surface area contributed by atoms with Crippen molar-refractivity contribution in [2.75, 3.05) is 18.5 Å². The van der Waals surface area contributed by atoms with Crippen molar-refractivity contribution in [3.63, 3.8) is 0 Å². The van der Waals surface area contributed by atoms with Crippen molar-refractivity contribution in [1.82, 2.24) is 0 Å². The number of halogens is 7. The smallest absolute Gasteiger partial charge is 0.321 e. The summed E-state index contributed by atoms with van der Waals surface area (Å²) in [6.07, 6.45) is -10.1. The minimum atomic E-state index is -5.09.